The van der Waals surface area contributed by atoms with Crippen LogP contribution in [0.4, 0.5) is 5.69 Å². The highest BCUT2D eigenvalue weighted by Crippen LogP contribution is 2.49. The van der Waals surface area contributed by atoms with Crippen molar-refractivity contribution in [3.8, 4) is 5.75 Å². The maximum atomic E-state index is 13.6. The van der Waals surface area contributed by atoms with Crippen LogP contribution in [0, 0.1) is 5.92 Å². The molecule has 0 spiro atoms. The predicted molar refractivity (Wildman–Crippen MR) is 155 cm³/mol. The molecule has 0 amide bonds. The van der Waals surface area contributed by atoms with E-state index in [0.717, 1.165) is 50.5 Å². The first-order valence-electron chi connectivity index (χ1n) is 13.9. The minimum atomic E-state index is -3.77. The maximum absolute atomic E-state index is 13.6. The van der Waals surface area contributed by atoms with Gasteiger partial charge in [0.05, 0.1) is 10.5 Å². The number of hydrogen-bond acceptors (Lipinski definition) is 5. The molecule has 1 unspecified atom stereocenters. The van der Waals surface area contributed by atoms with Gasteiger partial charge in [-0.15, -0.1) is 0 Å². The topological polar surface area (TPSA) is 96.6 Å². The zero-order chi connectivity index (χ0) is 27.7. The lowest BCUT2D eigenvalue weighted by atomic mass is 9.77. The Kier molecular flexibility index (Phi) is 7.00. The fraction of sp³-hybridized carbons (Fsp3) is 0.303. The van der Waals surface area contributed by atoms with E-state index >= 15 is 0 Å². The lowest BCUT2D eigenvalue weighted by Crippen LogP contribution is -2.28. The first-order valence-corrected chi connectivity index (χ1v) is 15.4. The first-order chi connectivity index (χ1) is 19.3. The Labute approximate surface area is 234 Å². The highest BCUT2D eigenvalue weighted by molar-refractivity contribution is 7.92. The predicted octanol–water partition coefficient (Wildman–Crippen LogP) is 6.74. The van der Waals surface area contributed by atoms with Crippen molar-refractivity contribution in [2.45, 2.75) is 61.2 Å². The molecule has 0 bridgehead atoms. The fourth-order valence-corrected chi connectivity index (χ4v) is 7.37. The van der Waals surface area contributed by atoms with Crippen molar-refractivity contribution in [2.24, 2.45) is 5.92 Å². The van der Waals surface area contributed by atoms with Crippen LogP contribution in [0.3, 0.4) is 0 Å². The summed E-state index contributed by atoms with van der Waals surface area (Å²) in [4.78, 5) is 13.8. The average Bonchev–Trinajstić information content (AvgIpc) is 3.68. The Bertz CT molecular complexity index is 1650. The largest absolute Gasteiger partial charge is 0.507 e. The highest BCUT2D eigenvalue weighted by atomic mass is 32.2. The van der Waals surface area contributed by atoms with Crippen LogP contribution in [0.2, 0.25) is 0 Å². The second-order valence-electron chi connectivity index (χ2n) is 11.2. The lowest BCUT2D eigenvalue weighted by Gasteiger charge is -2.29. The Balaban J connectivity index is 1.34. The zero-order valence-corrected chi connectivity index (χ0v) is 23.1. The minimum absolute atomic E-state index is 0.0437. The molecular weight excluding hydrogens is 522 g/mol. The molecule has 0 saturated heterocycles. The van der Waals surface area contributed by atoms with Crippen LogP contribution in [-0.4, -0.2) is 13.5 Å². The third-order valence-corrected chi connectivity index (χ3v) is 9.79. The van der Waals surface area contributed by atoms with Gasteiger partial charge in [-0.1, -0.05) is 73.5 Å². The van der Waals surface area contributed by atoms with E-state index in [9.17, 15) is 18.3 Å². The normalized spacial score (nSPS) is 17.4. The molecule has 1 heterocycles. The molecule has 7 heteroatoms. The van der Waals surface area contributed by atoms with E-state index in [-0.39, 0.29) is 33.5 Å². The summed E-state index contributed by atoms with van der Waals surface area (Å²) in [6, 6.07) is 27.2. The van der Waals surface area contributed by atoms with Gasteiger partial charge in [-0.3, -0.25) is 4.72 Å². The van der Waals surface area contributed by atoms with E-state index in [2.05, 4.69) is 16.9 Å². The Hall–Kier alpha value is -3.84. The molecule has 2 aliphatic carbocycles. The molecule has 2 fully saturated rings. The van der Waals surface area contributed by atoms with E-state index in [0.29, 0.717) is 11.4 Å². The molecule has 0 radical (unpaired) electrons. The monoisotopic (exact) mass is 555 g/mol. The number of anilines is 1. The molecule has 0 aliphatic heterocycles. The Morgan fingerprint density at radius 1 is 0.900 bits per heavy atom. The van der Waals surface area contributed by atoms with Crippen molar-refractivity contribution in [2.75, 3.05) is 4.72 Å². The minimum Gasteiger partial charge on any atom is -0.507 e. The summed E-state index contributed by atoms with van der Waals surface area (Å²) in [5.41, 5.74) is 1.78. The van der Waals surface area contributed by atoms with Crippen LogP contribution < -0.4 is 10.3 Å². The maximum Gasteiger partial charge on any atom is 0.343 e. The summed E-state index contributed by atoms with van der Waals surface area (Å²) >= 11 is 0. The Morgan fingerprint density at radius 3 is 2.23 bits per heavy atom. The van der Waals surface area contributed by atoms with Crippen molar-refractivity contribution in [3.63, 3.8) is 0 Å². The van der Waals surface area contributed by atoms with E-state index in [1.54, 1.807) is 54.6 Å². The molecule has 2 saturated carbocycles. The van der Waals surface area contributed by atoms with Gasteiger partial charge in [0.1, 0.15) is 11.5 Å². The van der Waals surface area contributed by atoms with Gasteiger partial charge in [0.25, 0.3) is 10.0 Å². The van der Waals surface area contributed by atoms with Gasteiger partial charge in [0.2, 0.25) is 0 Å². The Morgan fingerprint density at radius 2 is 1.57 bits per heavy atom. The number of aromatic hydroxyl groups is 1. The fourth-order valence-electron chi connectivity index (χ4n) is 6.30. The quantitative estimate of drug-likeness (QED) is 0.238. The van der Waals surface area contributed by atoms with Crippen LogP contribution >= 0.6 is 0 Å². The summed E-state index contributed by atoms with van der Waals surface area (Å²) in [6.07, 6.45) is 6.50. The van der Waals surface area contributed by atoms with Gasteiger partial charge in [-0.25, -0.2) is 13.2 Å². The van der Waals surface area contributed by atoms with Crippen molar-refractivity contribution in [1.82, 2.24) is 0 Å². The molecule has 206 valence electrons. The van der Waals surface area contributed by atoms with E-state index in [1.165, 1.54) is 5.56 Å². The molecule has 1 atom stereocenters. The smallest absolute Gasteiger partial charge is 0.343 e. The molecule has 6 nitrogen and oxygen atoms in total. The van der Waals surface area contributed by atoms with Gasteiger partial charge >= 0.3 is 5.63 Å². The zero-order valence-electron chi connectivity index (χ0n) is 22.3. The first kappa shape index (κ1) is 26.4. The number of rotatable bonds is 9. The van der Waals surface area contributed by atoms with Crippen molar-refractivity contribution in [3.05, 3.63) is 124 Å². The van der Waals surface area contributed by atoms with Crippen molar-refractivity contribution < 1.29 is 17.9 Å². The molecule has 4 aromatic rings. The molecule has 2 N–H and O–H groups in total. The van der Waals surface area contributed by atoms with Gasteiger partial charge in [0, 0.05) is 23.1 Å². The molecule has 2 aliphatic rings. The SMILES string of the molecule is O=c1oc(C2(Cc3ccccc3)CCCC2)cc(O)c1C(c1cccc(NS(=O)(=O)c2ccccc2)c1)C1CC1. The third kappa shape index (κ3) is 5.30. The second-order valence-corrected chi connectivity index (χ2v) is 12.9. The van der Waals surface area contributed by atoms with Crippen LogP contribution in [0.15, 0.2) is 105 Å². The second kappa shape index (κ2) is 10.6. The number of benzene rings is 3. The van der Waals surface area contributed by atoms with Gasteiger partial charge in [0.15, 0.2) is 0 Å². The summed E-state index contributed by atoms with van der Waals surface area (Å²) in [7, 11) is -3.77. The van der Waals surface area contributed by atoms with Crippen molar-refractivity contribution >= 4 is 15.7 Å². The summed E-state index contributed by atoms with van der Waals surface area (Å²) in [6.45, 7) is 0. The standard InChI is InChI=1S/C33H33NO5S/c35-28-21-29(33(18-7-8-19-33)22-23-10-3-1-4-11-23)39-32(36)31(28)30(24-16-17-24)25-12-9-13-26(20-25)34-40(37,38)27-14-5-2-6-15-27/h1-6,9-15,20-21,24,30,34-35H,7-8,16-19,22H2. The summed E-state index contributed by atoms with van der Waals surface area (Å²) < 4.78 is 34.6. The van der Waals surface area contributed by atoms with Crippen LogP contribution in [0.5, 0.6) is 5.75 Å². The highest BCUT2D eigenvalue weighted by Gasteiger charge is 2.41. The summed E-state index contributed by atoms with van der Waals surface area (Å²) in [5.74, 6) is 0.294. The van der Waals surface area contributed by atoms with Crippen LogP contribution in [0.25, 0.3) is 0 Å². The van der Waals surface area contributed by atoms with Crippen LogP contribution in [0.1, 0.15) is 66.9 Å². The number of nitrogens with one attached hydrogen (secondary N) is 1. The molecular formula is C33H33NO5S. The number of hydrogen-bond donors (Lipinski definition) is 2. The van der Waals surface area contributed by atoms with E-state index in [4.69, 9.17) is 4.42 Å². The van der Waals surface area contributed by atoms with Crippen LogP contribution in [-0.2, 0) is 21.9 Å². The number of sulfonamides is 1. The molecule has 40 heavy (non-hydrogen) atoms. The summed E-state index contributed by atoms with van der Waals surface area (Å²) in [5, 5.41) is 11.4. The lowest BCUT2D eigenvalue weighted by molar-refractivity contribution is 0.305. The molecule has 6 rings (SSSR count). The molecule has 3 aromatic carbocycles. The van der Waals surface area contributed by atoms with E-state index in [1.807, 2.05) is 24.3 Å². The van der Waals surface area contributed by atoms with Crippen molar-refractivity contribution in [1.29, 1.82) is 0 Å². The average molecular weight is 556 g/mol. The van der Waals surface area contributed by atoms with Gasteiger partial charge in [-0.05, 0) is 73.4 Å². The third-order valence-electron chi connectivity index (χ3n) is 8.39. The van der Waals surface area contributed by atoms with E-state index < -0.39 is 15.6 Å². The van der Waals surface area contributed by atoms with Gasteiger partial charge in [-0.2, -0.15) is 0 Å². The van der Waals surface area contributed by atoms with Gasteiger partial charge < -0.3 is 9.52 Å². The molecule has 1 aromatic heterocycles.